The zero-order chi connectivity index (χ0) is 20.3. The minimum atomic E-state index is -4.48. The molecular weight excluding hydrogens is 395 g/mol. The Morgan fingerprint density at radius 3 is 2.79 bits per heavy atom. The van der Waals surface area contributed by atoms with Crippen molar-refractivity contribution < 1.29 is 18.0 Å². The Kier molecular flexibility index (Phi) is 5.73. The normalized spacial score (nSPS) is 11.7. The standard InChI is InChI=1S/C17H16F3N5O2S/c1-2-4-12-8-13(26)22-15-23-24-16(25(12)15)28-9-14(27)21-11-6-3-5-10(7-11)17(18,19)20/h3,5-8H,2,4,9H2,1H3,(H,21,27)(H,22,23,26). The summed E-state index contributed by atoms with van der Waals surface area (Å²) in [5, 5.41) is 10.7. The number of alkyl halides is 3. The second-order valence-corrected chi connectivity index (χ2v) is 6.87. The number of aromatic nitrogens is 4. The predicted molar refractivity (Wildman–Crippen MR) is 98.4 cm³/mol. The van der Waals surface area contributed by atoms with E-state index in [-0.39, 0.29) is 22.8 Å². The highest BCUT2D eigenvalue weighted by atomic mass is 32.2. The van der Waals surface area contributed by atoms with Gasteiger partial charge in [0.1, 0.15) is 0 Å². The Labute approximate surface area is 161 Å². The molecule has 0 radical (unpaired) electrons. The molecule has 0 saturated heterocycles. The molecule has 11 heteroatoms. The molecule has 3 rings (SSSR count). The van der Waals surface area contributed by atoms with E-state index in [4.69, 9.17) is 0 Å². The molecule has 28 heavy (non-hydrogen) atoms. The summed E-state index contributed by atoms with van der Waals surface area (Å²) < 4.78 is 39.9. The van der Waals surface area contributed by atoms with E-state index in [2.05, 4.69) is 20.5 Å². The van der Waals surface area contributed by atoms with Crippen LogP contribution in [0.25, 0.3) is 5.78 Å². The van der Waals surface area contributed by atoms with Crippen LogP contribution in [0.2, 0.25) is 0 Å². The summed E-state index contributed by atoms with van der Waals surface area (Å²) in [6, 6.07) is 5.87. The van der Waals surface area contributed by atoms with E-state index in [9.17, 15) is 22.8 Å². The molecule has 0 atom stereocenters. The van der Waals surface area contributed by atoms with E-state index >= 15 is 0 Å². The van der Waals surface area contributed by atoms with Crippen LogP contribution in [-0.2, 0) is 17.4 Å². The molecule has 0 saturated carbocycles. The van der Waals surface area contributed by atoms with Crippen molar-refractivity contribution in [3.8, 4) is 0 Å². The summed E-state index contributed by atoms with van der Waals surface area (Å²) >= 11 is 1.07. The quantitative estimate of drug-likeness (QED) is 0.608. The summed E-state index contributed by atoms with van der Waals surface area (Å²) in [7, 11) is 0. The maximum Gasteiger partial charge on any atom is 0.416 e. The van der Waals surface area contributed by atoms with Gasteiger partial charge in [-0.05, 0) is 24.6 Å². The molecule has 1 amide bonds. The number of benzene rings is 1. The number of aromatic amines is 1. The third-order valence-corrected chi connectivity index (χ3v) is 4.69. The number of carbonyl (C=O) groups is 1. The van der Waals surface area contributed by atoms with Crippen molar-refractivity contribution >= 4 is 29.1 Å². The van der Waals surface area contributed by atoms with Crippen molar-refractivity contribution in [3.05, 3.63) is 51.9 Å². The summed E-state index contributed by atoms with van der Waals surface area (Å²) in [5.74, 6) is -0.291. The largest absolute Gasteiger partial charge is 0.416 e. The number of anilines is 1. The van der Waals surface area contributed by atoms with Crippen LogP contribution >= 0.6 is 11.8 Å². The molecule has 0 aliphatic heterocycles. The lowest BCUT2D eigenvalue weighted by molar-refractivity contribution is -0.137. The fourth-order valence-electron chi connectivity index (χ4n) is 2.61. The SMILES string of the molecule is CCCc1cc(=O)[nH]c2nnc(SCC(=O)Nc3cccc(C(F)(F)F)c3)n12. The van der Waals surface area contributed by atoms with E-state index in [0.717, 1.165) is 30.3 Å². The number of amides is 1. The van der Waals surface area contributed by atoms with E-state index in [1.54, 1.807) is 4.40 Å². The van der Waals surface area contributed by atoms with E-state index in [1.807, 2.05) is 6.92 Å². The monoisotopic (exact) mass is 411 g/mol. The number of fused-ring (bicyclic) bond motifs is 1. The average molecular weight is 411 g/mol. The minimum absolute atomic E-state index is 0.0579. The molecule has 0 spiro atoms. The lowest BCUT2D eigenvalue weighted by Gasteiger charge is -2.10. The molecule has 2 N–H and O–H groups in total. The fourth-order valence-corrected chi connectivity index (χ4v) is 3.37. The lowest BCUT2D eigenvalue weighted by atomic mass is 10.2. The minimum Gasteiger partial charge on any atom is -0.325 e. The molecule has 0 bridgehead atoms. The van der Waals surface area contributed by atoms with Crippen LogP contribution in [0.1, 0.15) is 24.6 Å². The van der Waals surface area contributed by atoms with E-state index in [0.29, 0.717) is 17.3 Å². The molecule has 0 unspecified atom stereocenters. The van der Waals surface area contributed by atoms with Gasteiger partial charge in [0, 0.05) is 17.4 Å². The number of nitrogens with zero attached hydrogens (tertiary/aromatic N) is 3. The lowest BCUT2D eigenvalue weighted by Crippen LogP contribution is -2.16. The molecule has 2 aromatic heterocycles. The van der Waals surface area contributed by atoms with Gasteiger partial charge >= 0.3 is 6.18 Å². The van der Waals surface area contributed by atoms with Crippen molar-refractivity contribution in [1.82, 2.24) is 19.6 Å². The van der Waals surface area contributed by atoms with Crippen LogP contribution in [0.5, 0.6) is 0 Å². The second-order valence-electron chi connectivity index (χ2n) is 5.93. The predicted octanol–water partition coefficient (Wildman–Crippen LogP) is 3.12. The van der Waals surface area contributed by atoms with Crippen LogP contribution in [0.3, 0.4) is 0 Å². The van der Waals surface area contributed by atoms with Crippen LogP contribution < -0.4 is 10.9 Å². The topological polar surface area (TPSA) is 92.2 Å². The number of aryl methyl sites for hydroxylation is 1. The van der Waals surface area contributed by atoms with Crippen LogP contribution in [-0.4, -0.2) is 31.2 Å². The van der Waals surface area contributed by atoms with Gasteiger partial charge in [-0.25, -0.2) is 0 Å². The number of hydrogen-bond donors (Lipinski definition) is 2. The summed E-state index contributed by atoms with van der Waals surface area (Å²) in [6.45, 7) is 1.96. The summed E-state index contributed by atoms with van der Waals surface area (Å²) in [5.41, 5.74) is -0.355. The third kappa shape index (κ3) is 4.53. The zero-order valence-electron chi connectivity index (χ0n) is 14.7. The maximum atomic E-state index is 12.8. The summed E-state index contributed by atoms with van der Waals surface area (Å²) in [6.07, 6.45) is -3.05. The van der Waals surface area contributed by atoms with Gasteiger partial charge in [0.05, 0.1) is 11.3 Å². The third-order valence-electron chi connectivity index (χ3n) is 3.77. The molecule has 3 aromatic rings. The van der Waals surface area contributed by atoms with Crippen molar-refractivity contribution in [1.29, 1.82) is 0 Å². The van der Waals surface area contributed by atoms with Crippen molar-refractivity contribution in [2.24, 2.45) is 0 Å². The van der Waals surface area contributed by atoms with Crippen molar-refractivity contribution in [3.63, 3.8) is 0 Å². The highest BCUT2D eigenvalue weighted by Crippen LogP contribution is 2.30. The van der Waals surface area contributed by atoms with Crippen LogP contribution in [0.4, 0.5) is 18.9 Å². The Bertz CT molecular complexity index is 1060. The van der Waals surface area contributed by atoms with Gasteiger partial charge in [-0.1, -0.05) is 31.2 Å². The fraction of sp³-hybridized carbons (Fsp3) is 0.294. The first kappa shape index (κ1) is 19.9. The number of H-pyrrole nitrogens is 1. The number of thioether (sulfide) groups is 1. The number of carbonyl (C=O) groups excluding carboxylic acids is 1. The zero-order valence-corrected chi connectivity index (χ0v) is 15.5. The highest BCUT2D eigenvalue weighted by Gasteiger charge is 2.30. The molecule has 0 aliphatic carbocycles. The first-order chi connectivity index (χ1) is 13.3. The second kappa shape index (κ2) is 8.05. The Hall–Kier alpha value is -2.82. The molecule has 0 aliphatic rings. The van der Waals surface area contributed by atoms with Gasteiger partial charge in [-0.2, -0.15) is 13.2 Å². The molecule has 1 aromatic carbocycles. The Morgan fingerprint density at radius 2 is 2.07 bits per heavy atom. The Morgan fingerprint density at radius 1 is 1.29 bits per heavy atom. The van der Waals surface area contributed by atoms with Gasteiger partial charge in [-0.3, -0.25) is 19.0 Å². The summed E-state index contributed by atoms with van der Waals surface area (Å²) in [4.78, 5) is 26.4. The number of hydrogen-bond acceptors (Lipinski definition) is 5. The molecule has 7 nitrogen and oxygen atoms in total. The smallest absolute Gasteiger partial charge is 0.325 e. The van der Waals surface area contributed by atoms with Gasteiger partial charge in [0.2, 0.25) is 11.7 Å². The molecule has 0 fully saturated rings. The van der Waals surface area contributed by atoms with Crippen LogP contribution in [0.15, 0.2) is 40.3 Å². The molecule has 148 valence electrons. The Balaban J connectivity index is 1.72. The number of nitrogens with one attached hydrogen (secondary N) is 2. The number of rotatable bonds is 6. The first-order valence-electron chi connectivity index (χ1n) is 8.35. The van der Waals surface area contributed by atoms with Gasteiger partial charge in [0.15, 0.2) is 5.16 Å². The van der Waals surface area contributed by atoms with Crippen LogP contribution in [0, 0.1) is 0 Å². The van der Waals surface area contributed by atoms with Gasteiger partial charge < -0.3 is 5.32 Å². The molecule has 2 heterocycles. The van der Waals surface area contributed by atoms with E-state index in [1.165, 1.54) is 18.2 Å². The van der Waals surface area contributed by atoms with Gasteiger partial charge in [0.25, 0.3) is 5.56 Å². The van der Waals surface area contributed by atoms with Crippen molar-refractivity contribution in [2.75, 3.05) is 11.1 Å². The maximum absolute atomic E-state index is 12.8. The number of halogens is 3. The van der Waals surface area contributed by atoms with Gasteiger partial charge in [-0.15, -0.1) is 10.2 Å². The average Bonchev–Trinajstić information content (AvgIpc) is 3.02. The first-order valence-corrected chi connectivity index (χ1v) is 9.33. The molecular formula is C17H16F3N5O2S. The highest BCUT2D eigenvalue weighted by molar-refractivity contribution is 7.99. The van der Waals surface area contributed by atoms with E-state index < -0.39 is 17.6 Å². The van der Waals surface area contributed by atoms with Crippen molar-refractivity contribution in [2.45, 2.75) is 31.1 Å².